The molecular weight excluding hydrogens is 304 g/mol. The van der Waals surface area contributed by atoms with E-state index in [0.717, 1.165) is 0 Å². The van der Waals surface area contributed by atoms with Gasteiger partial charge in [0.05, 0.1) is 0 Å². The first-order chi connectivity index (χ1) is 8.00. The Kier molecular flexibility index (Phi) is 20.6. The van der Waals surface area contributed by atoms with Crippen LogP contribution in [0.25, 0.3) is 0 Å². The summed E-state index contributed by atoms with van der Waals surface area (Å²) < 4.78 is 0. The van der Waals surface area contributed by atoms with Crippen molar-refractivity contribution in [3.8, 4) is 0 Å². The Morgan fingerprint density at radius 1 is 0.333 bits per heavy atom. The summed E-state index contributed by atoms with van der Waals surface area (Å²) in [6.07, 6.45) is 0. The maximum atomic E-state index is 10.1. The summed E-state index contributed by atoms with van der Waals surface area (Å²) in [5.74, 6) is 0. The second kappa shape index (κ2) is 13.0. The molecule has 0 aromatic heterocycles. The smallest absolute Gasteiger partial charge is 0.850 e. The molecule has 0 aliphatic carbocycles. The molecule has 0 spiro atoms. The molecule has 0 heterocycles. The molecule has 0 atom stereocenters. The summed E-state index contributed by atoms with van der Waals surface area (Å²) >= 11 is 0. The number of hydrogen-bond acceptors (Lipinski definition) is 4. The van der Waals surface area contributed by atoms with Gasteiger partial charge in [0.1, 0.15) is 0 Å². The third-order valence-electron chi connectivity index (χ3n) is 0. The van der Waals surface area contributed by atoms with Crippen molar-refractivity contribution in [1.29, 1.82) is 0 Å². The zero-order chi connectivity index (χ0) is 18.0. The van der Waals surface area contributed by atoms with Gasteiger partial charge in [0, 0.05) is 0 Å². The molecule has 1 radical (unpaired) electrons. The zero-order valence-corrected chi connectivity index (χ0v) is 17.7. The monoisotopic (exact) mass is 340 g/mol. The second-order valence-corrected chi connectivity index (χ2v) is 8.45. The van der Waals surface area contributed by atoms with Crippen LogP contribution in [0.15, 0.2) is 0 Å². The first kappa shape index (κ1) is 33.2. The van der Waals surface area contributed by atoms with Gasteiger partial charge < -0.3 is 20.4 Å². The summed E-state index contributed by atoms with van der Waals surface area (Å²) in [7, 11) is 0. The first-order valence-electron chi connectivity index (χ1n) is 6.82. The fourth-order valence-electron chi connectivity index (χ4n) is 0. The van der Waals surface area contributed by atoms with Gasteiger partial charge >= 0.3 is 21.7 Å². The van der Waals surface area contributed by atoms with Gasteiger partial charge in [-0.2, -0.15) is 0 Å². The van der Waals surface area contributed by atoms with Crippen LogP contribution < -0.4 is 20.4 Å². The predicted molar refractivity (Wildman–Crippen MR) is 79.0 cm³/mol. The van der Waals surface area contributed by atoms with E-state index in [-0.39, 0.29) is 21.7 Å². The quantitative estimate of drug-likeness (QED) is 0.603. The third-order valence-corrected chi connectivity index (χ3v) is 0. The Bertz CT molecular complexity index is 130. The standard InChI is InChI=1S/4C4H9O.Ti/c4*1-4(2,3)5;/h4*1-3H3;/q4*-1;+3. The number of hydrogen-bond donors (Lipinski definition) is 0. The molecule has 0 aromatic carbocycles. The summed E-state index contributed by atoms with van der Waals surface area (Å²) in [6.45, 7) is 19.6. The molecule has 5 heteroatoms. The van der Waals surface area contributed by atoms with E-state index >= 15 is 0 Å². The molecule has 0 unspecified atom stereocenters. The Balaban J connectivity index is -0.0000000533. The van der Waals surface area contributed by atoms with Crippen molar-refractivity contribution in [3.63, 3.8) is 0 Å². The van der Waals surface area contributed by atoms with Crippen LogP contribution in [-0.2, 0) is 21.7 Å². The summed E-state index contributed by atoms with van der Waals surface area (Å²) in [5, 5.41) is 40.4. The molecule has 0 saturated heterocycles. The Hall–Kier alpha value is 0.554. The minimum Gasteiger partial charge on any atom is -0.850 e. The van der Waals surface area contributed by atoms with Crippen LogP contribution in [0, 0.1) is 0 Å². The van der Waals surface area contributed by atoms with Crippen LogP contribution in [0.1, 0.15) is 83.1 Å². The van der Waals surface area contributed by atoms with E-state index in [1.807, 2.05) is 0 Å². The molecule has 0 aliphatic heterocycles. The fraction of sp³-hybridized carbons (Fsp3) is 1.00. The molecule has 0 saturated carbocycles. The van der Waals surface area contributed by atoms with Gasteiger partial charge in [0.15, 0.2) is 0 Å². The van der Waals surface area contributed by atoms with E-state index in [9.17, 15) is 20.4 Å². The molecule has 0 fully saturated rings. The first-order valence-corrected chi connectivity index (χ1v) is 6.82. The molecule has 0 rings (SSSR count). The van der Waals surface area contributed by atoms with Crippen LogP contribution in [0.5, 0.6) is 0 Å². The minimum atomic E-state index is -0.750. The predicted octanol–water partition coefficient (Wildman–Crippen LogP) is 0.578. The molecule has 0 aromatic rings. The normalized spacial score (nSPS) is 11.4. The van der Waals surface area contributed by atoms with Crippen molar-refractivity contribution in [2.24, 2.45) is 0 Å². The third kappa shape index (κ3) is 23000. The molecule has 129 valence electrons. The van der Waals surface area contributed by atoms with Crippen LogP contribution in [-0.4, -0.2) is 22.4 Å². The van der Waals surface area contributed by atoms with Crippen molar-refractivity contribution in [1.82, 2.24) is 0 Å². The van der Waals surface area contributed by atoms with Gasteiger partial charge in [-0.15, -0.1) is 22.4 Å². The van der Waals surface area contributed by atoms with Gasteiger partial charge in [0.25, 0.3) is 0 Å². The molecule has 0 bridgehead atoms. The van der Waals surface area contributed by atoms with E-state index in [4.69, 9.17) is 0 Å². The van der Waals surface area contributed by atoms with Crippen molar-refractivity contribution >= 4 is 0 Å². The van der Waals surface area contributed by atoms with E-state index in [1.54, 1.807) is 83.1 Å². The minimum absolute atomic E-state index is 0. The largest absolute Gasteiger partial charge is 3.00 e. The van der Waals surface area contributed by atoms with Crippen LogP contribution >= 0.6 is 0 Å². The van der Waals surface area contributed by atoms with Crippen molar-refractivity contribution in [2.75, 3.05) is 0 Å². The molecule has 21 heavy (non-hydrogen) atoms. The maximum absolute atomic E-state index is 10.1. The van der Waals surface area contributed by atoms with Gasteiger partial charge in [-0.05, 0) is 0 Å². The maximum Gasteiger partial charge on any atom is 3.00 e. The van der Waals surface area contributed by atoms with Crippen LogP contribution in [0.2, 0.25) is 0 Å². The Morgan fingerprint density at radius 3 is 0.333 bits per heavy atom. The number of rotatable bonds is 0. The molecule has 0 amide bonds. The Morgan fingerprint density at radius 2 is 0.333 bits per heavy atom. The summed E-state index contributed by atoms with van der Waals surface area (Å²) in [4.78, 5) is 0. The van der Waals surface area contributed by atoms with E-state index in [1.165, 1.54) is 0 Å². The van der Waals surface area contributed by atoms with Gasteiger partial charge in [0.2, 0.25) is 0 Å². The topological polar surface area (TPSA) is 92.2 Å². The molecule has 4 nitrogen and oxygen atoms in total. The molecule has 0 aliphatic rings. The van der Waals surface area contributed by atoms with Gasteiger partial charge in [-0.25, -0.2) is 0 Å². The molecular formula is C16H36O4Ti-. The summed E-state index contributed by atoms with van der Waals surface area (Å²) in [6, 6.07) is 0. The van der Waals surface area contributed by atoms with E-state index in [2.05, 4.69) is 0 Å². The summed E-state index contributed by atoms with van der Waals surface area (Å²) in [5.41, 5.74) is -3.00. The average Bonchev–Trinajstić information content (AvgIpc) is 1.62. The van der Waals surface area contributed by atoms with E-state index < -0.39 is 22.4 Å². The van der Waals surface area contributed by atoms with Crippen molar-refractivity contribution in [3.05, 3.63) is 0 Å². The van der Waals surface area contributed by atoms with Gasteiger partial charge in [-0.1, -0.05) is 83.1 Å². The van der Waals surface area contributed by atoms with Crippen molar-refractivity contribution in [2.45, 2.75) is 105 Å². The van der Waals surface area contributed by atoms with Crippen molar-refractivity contribution < 1.29 is 42.1 Å². The van der Waals surface area contributed by atoms with Crippen LogP contribution in [0.3, 0.4) is 0 Å². The zero-order valence-electron chi connectivity index (χ0n) is 16.1. The van der Waals surface area contributed by atoms with E-state index in [0.29, 0.717) is 0 Å². The average molecular weight is 340 g/mol. The van der Waals surface area contributed by atoms with Crippen LogP contribution in [0.4, 0.5) is 0 Å². The second-order valence-electron chi connectivity index (χ2n) is 8.45. The van der Waals surface area contributed by atoms with Gasteiger partial charge in [-0.3, -0.25) is 0 Å². The molecule has 0 N–H and O–H groups in total. The fourth-order valence-corrected chi connectivity index (χ4v) is 0. The SMILES string of the molecule is CC(C)(C)[O-].CC(C)(C)[O-].CC(C)(C)[O-].CC(C)(C)[O-].[Ti+3]. The Labute approximate surface area is 147 Å².